The third-order valence-electron chi connectivity index (χ3n) is 3.07. The first-order valence-corrected chi connectivity index (χ1v) is 8.43. The first kappa shape index (κ1) is 15.9. The van der Waals surface area contributed by atoms with Crippen LogP contribution in [0.5, 0.6) is 5.75 Å². The topological polar surface area (TPSA) is 59.8 Å². The van der Waals surface area contributed by atoms with Gasteiger partial charge in [-0.05, 0) is 52.0 Å². The molecular formula is C16H12BrNO4S. The number of halogens is 1. The van der Waals surface area contributed by atoms with Gasteiger partial charge in [-0.2, -0.15) is 0 Å². The van der Waals surface area contributed by atoms with E-state index in [4.69, 9.17) is 9.15 Å². The molecule has 0 atom stereocenters. The van der Waals surface area contributed by atoms with E-state index in [0.717, 1.165) is 11.8 Å². The van der Waals surface area contributed by atoms with Crippen molar-refractivity contribution in [2.75, 3.05) is 13.2 Å². The number of hydrogen-bond acceptors (Lipinski definition) is 5. The van der Waals surface area contributed by atoms with E-state index in [1.165, 1.54) is 4.90 Å². The molecule has 0 unspecified atom stereocenters. The lowest BCUT2D eigenvalue weighted by molar-refractivity contribution is -0.123. The van der Waals surface area contributed by atoms with Gasteiger partial charge < -0.3 is 9.15 Å². The summed E-state index contributed by atoms with van der Waals surface area (Å²) in [5, 5.41) is -0.302. The Bertz CT molecular complexity index is 756. The van der Waals surface area contributed by atoms with Gasteiger partial charge in [-0.3, -0.25) is 14.5 Å². The molecule has 0 aliphatic carbocycles. The van der Waals surface area contributed by atoms with Crippen LogP contribution in [0.2, 0.25) is 0 Å². The summed E-state index contributed by atoms with van der Waals surface area (Å²) in [5.41, 5.74) is 0. The highest BCUT2D eigenvalue weighted by atomic mass is 79.9. The van der Waals surface area contributed by atoms with Crippen molar-refractivity contribution < 1.29 is 18.7 Å². The lowest BCUT2D eigenvalue weighted by Gasteiger charge is -2.13. The molecule has 2 heterocycles. The van der Waals surface area contributed by atoms with Crippen LogP contribution in [0, 0.1) is 0 Å². The number of imide groups is 1. The van der Waals surface area contributed by atoms with Gasteiger partial charge in [-0.1, -0.05) is 18.2 Å². The second kappa shape index (κ2) is 7.06. The summed E-state index contributed by atoms with van der Waals surface area (Å²) in [6.45, 7) is 0.459. The third-order valence-corrected chi connectivity index (χ3v) is 4.40. The van der Waals surface area contributed by atoms with Crippen LogP contribution < -0.4 is 4.74 Å². The van der Waals surface area contributed by atoms with Gasteiger partial charge in [0.1, 0.15) is 18.1 Å². The minimum absolute atomic E-state index is 0.207. The van der Waals surface area contributed by atoms with Gasteiger partial charge in [-0.15, -0.1) is 0 Å². The second-order valence-corrected chi connectivity index (χ2v) is 6.41. The normalized spacial score (nSPS) is 16.4. The van der Waals surface area contributed by atoms with Crippen molar-refractivity contribution in [1.29, 1.82) is 0 Å². The van der Waals surface area contributed by atoms with Crippen LogP contribution in [0.25, 0.3) is 6.08 Å². The molecule has 1 aliphatic rings. The van der Waals surface area contributed by atoms with E-state index in [1.807, 2.05) is 30.3 Å². The average molecular weight is 394 g/mol. The summed E-state index contributed by atoms with van der Waals surface area (Å²) in [5.74, 6) is 0.891. The highest BCUT2D eigenvalue weighted by molar-refractivity contribution is 9.10. The monoisotopic (exact) mass is 393 g/mol. The van der Waals surface area contributed by atoms with Crippen LogP contribution in [0.4, 0.5) is 4.79 Å². The van der Waals surface area contributed by atoms with Crippen LogP contribution in [0.3, 0.4) is 0 Å². The van der Waals surface area contributed by atoms with E-state index in [2.05, 4.69) is 15.9 Å². The lowest BCUT2D eigenvalue weighted by atomic mass is 10.3. The van der Waals surface area contributed by atoms with Crippen LogP contribution in [0.1, 0.15) is 5.76 Å². The van der Waals surface area contributed by atoms with Crippen molar-refractivity contribution in [3.8, 4) is 5.75 Å². The molecule has 0 bridgehead atoms. The van der Waals surface area contributed by atoms with E-state index in [-0.39, 0.29) is 24.3 Å². The number of furan rings is 1. The van der Waals surface area contributed by atoms with E-state index in [0.29, 0.717) is 21.1 Å². The number of carbonyl (C=O) groups excluding carboxylic acids is 2. The molecule has 0 radical (unpaired) electrons. The third kappa shape index (κ3) is 3.86. The summed E-state index contributed by atoms with van der Waals surface area (Å²) < 4.78 is 11.4. The van der Waals surface area contributed by atoms with Gasteiger partial charge in [0, 0.05) is 6.08 Å². The average Bonchev–Trinajstić information content (AvgIpc) is 3.06. The molecule has 0 N–H and O–H groups in total. The Morgan fingerprint density at radius 1 is 1.17 bits per heavy atom. The summed E-state index contributed by atoms with van der Waals surface area (Å²) in [6, 6.07) is 12.7. The number of amides is 2. The largest absolute Gasteiger partial charge is 0.492 e. The van der Waals surface area contributed by atoms with Crippen LogP contribution in [-0.2, 0) is 4.79 Å². The van der Waals surface area contributed by atoms with E-state index in [9.17, 15) is 9.59 Å². The molecule has 1 fully saturated rings. The molecule has 5 nitrogen and oxygen atoms in total. The van der Waals surface area contributed by atoms with Gasteiger partial charge in [0.15, 0.2) is 4.67 Å². The fraction of sp³-hybridized carbons (Fsp3) is 0.125. The van der Waals surface area contributed by atoms with Gasteiger partial charge >= 0.3 is 0 Å². The Labute approximate surface area is 145 Å². The fourth-order valence-electron chi connectivity index (χ4n) is 2.00. The molecule has 23 heavy (non-hydrogen) atoms. The summed E-state index contributed by atoms with van der Waals surface area (Å²) in [6.07, 6.45) is 1.56. The predicted molar refractivity (Wildman–Crippen MR) is 91.0 cm³/mol. The molecule has 118 valence electrons. The Kier molecular flexibility index (Phi) is 4.88. The number of ether oxygens (including phenoxy) is 1. The Morgan fingerprint density at radius 3 is 2.65 bits per heavy atom. The molecule has 1 saturated heterocycles. The number of para-hydroxylation sites is 1. The number of hydrogen-bond donors (Lipinski definition) is 0. The molecule has 2 amide bonds. The van der Waals surface area contributed by atoms with Crippen molar-refractivity contribution in [1.82, 2.24) is 4.90 Å². The second-order valence-electron chi connectivity index (χ2n) is 4.64. The molecule has 1 aliphatic heterocycles. The van der Waals surface area contributed by atoms with Crippen molar-refractivity contribution in [2.45, 2.75) is 0 Å². The number of benzene rings is 1. The summed E-state index contributed by atoms with van der Waals surface area (Å²) in [4.78, 5) is 25.8. The summed E-state index contributed by atoms with van der Waals surface area (Å²) >= 11 is 4.10. The molecule has 7 heteroatoms. The zero-order valence-electron chi connectivity index (χ0n) is 11.9. The Balaban J connectivity index is 1.61. The van der Waals surface area contributed by atoms with Crippen LogP contribution >= 0.6 is 27.7 Å². The molecule has 1 aromatic carbocycles. The first-order chi connectivity index (χ1) is 11.1. The van der Waals surface area contributed by atoms with Gasteiger partial charge in [0.2, 0.25) is 0 Å². The number of carbonyl (C=O) groups is 2. The van der Waals surface area contributed by atoms with Crippen molar-refractivity contribution in [2.24, 2.45) is 0 Å². The number of rotatable bonds is 5. The van der Waals surface area contributed by atoms with Crippen LogP contribution in [0.15, 0.2) is 56.5 Å². The van der Waals surface area contributed by atoms with Gasteiger partial charge in [0.25, 0.3) is 11.1 Å². The fourth-order valence-corrected chi connectivity index (χ4v) is 3.16. The highest BCUT2D eigenvalue weighted by Gasteiger charge is 2.35. The number of thioether (sulfide) groups is 1. The summed E-state index contributed by atoms with van der Waals surface area (Å²) in [7, 11) is 0. The molecule has 0 saturated carbocycles. The molecule has 0 spiro atoms. The van der Waals surface area contributed by atoms with Crippen molar-refractivity contribution in [3.63, 3.8) is 0 Å². The maximum atomic E-state index is 12.3. The zero-order valence-corrected chi connectivity index (χ0v) is 14.3. The van der Waals surface area contributed by atoms with E-state index < -0.39 is 0 Å². The van der Waals surface area contributed by atoms with Crippen LogP contribution in [-0.4, -0.2) is 29.2 Å². The molecular weight excluding hydrogens is 382 g/mol. The standard InChI is InChI=1S/C16H12BrNO4S/c17-14-7-6-12(22-14)10-13-15(19)18(16(20)23-13)8-9-21-11-4-2-1-3-5-11/h1-7,10H,8-9H2. The number of nitrogens with zero attached hydrogens (tertiary/aromatic N) is 1. The van der Waals surface area contributed by atoms with Crippen molar-refractivity contribution >= 4 is 44.9 Å². The van der Waals surface area contributed by atoms with Gasteiger partial charge in [0.05, 0.1) is 11.4 Å². The molecule has 3 rings (SSSR count). The zero-order chi connectivity index (χ0) is 16.2. The minimum atomic E-state index is -0.329. The smallest absolute Gasteiger partial charge is 0.293 e. The van der Waals surface area contributed by atoms with E-state index in [1.54, 1.807) is 18.2 Å². The maximum absolute atomic E-state index is 12.3. The Hall–Kier alpha value is -1.99. The molecule has 1 aromatic heterocycles. The predicted octanol–water partition coefficient (Wildman–Crippen LogP) is 4.16. The minimum Gasteiger partial charge on any atom is -0.492 e. The van der Waals surface area contributed by atoms with E-state index >= 15 is 0 Å². The highest BCUT2D eigenvalue weighted by Crippen LogP contribution is 2.32. The SMILES string of the molecule is O=C1SC(=Cc2ccc(Br)o2)C(=O)N1CCOc1ccccc1. The Morgan fingerprint density at radius 2 is 1.96 bits per heavy atom. The lowest BCUT2D eigenvalue weighted by Crippen LogP contribution is -2.32. The maximum Gasteiger partial charge on any atom is 0.293 e. The molecule has 2 aromatic rings. The quantitative estimate of drug-likeness (QED) is 0.713. The van der Waals surface area contributed by atoms with Crippen molar-refractivity contribution in [3.05, 3.63) is 57.8 Å². The first-order valence-electron chi connectivity index (χ1n) is 6.82. The van der Waals surface area contributed by atoms with Gasteiger partial charge in [-0.25, -0.2) is 0 Å².